The fraction of sp³-hybridized carbons (Fsp3) is 0.875. The number of amides is 2. The number of rotatable bonds is 3. The molecule has 0 spiro atoms. The molecule has 0 aromatic heterocycles. The molecule has 1 aliphatic heterocycles. The van der Waals surface area contributed by atoms with E-state index in [1.54, 1.807) is 6.92 Å². The van der Waals surface area contributed by atoms with Gasteiger partial charge in [0.1, 0.15) is 0 Å². The summed E-state index contributed by atoms with van der Waals surface area (Å²) in [6.45, 7) is 3.94. The van der Waals surface area contributed by atoms with Crippen molar-refractivity contribution in [3.63, 3.8) is 0 Å². The molecule has 1 saturated heterocycles. The Morgan fingerprint density at radius 1 is 1.14 bits per heavy atom. The number of likely N-dealkylation sites (tertiary alicyclic amines) is 1. The zero-order valence-electron chi connectivity index (χ0n) is 12.9. The summed E-state index contributed by atoms with van der Waals surface area (Å²) >= 11 is 0. The zero-order chi connectivity index (χ0) is 15.0. The van der Waals surface area contributed by atoms with Gasteiger partial charge in [-0.15, -0.1) is 0 Å². The molecule has 118 valence electrons. The van der Waals surface area contributed by atoms with Crippen LogP contribution >= 0.6 is 0 Å². The van der Waals surface area contributed by atoms with Crippen LogP contribution in [0, 0.1) is 23.7 Å². The summed E-state index contributed by atoms with van der Waals surface area (Å²) in [5, 5.41) is 2.88. The second-order valence-electron chi connectivity index (χ2n) is 7.14. The molecule has 4 atom stereocenters. The average molecular weight is 293 g/mol. The van der Waals surface area contributed by atoms with Crippen LogP contribution < -0.4 is 11.1 Å². The summed E-state index contributed by atoms with van der Waals surface area (Å²) in [6.07, 6.45) is 5.54. The predicted molar refractivity (Wildman–Crippen MR) is 80.3 cm³/mol. The molecule has 3 rings (SSSR count). The number of fused-ring (bicyclic) bond motifs is 2. The van der Waals surface area contributed by atoms with Crippen molar-refractivity contribution in [2.24, 2.45) is 29.4 Å². The highest BCUT2D eigenvalue weighted by molar-refractivity contribution is 5.80. The van der Waals surface area contributed by atoms with Crippen LogP contribution in [0.5, 0.6) is 0 Å². The second-order valence-corrected chi connectivity index (χ2v) is 7.14. The third-order valence-corrected chi connectivity index (χ3v) is 5.83. The summed E-state index contributed by atoms with van der Waals surface area (Å²) in [5.74, 6) is 2.03. The highest BCUT2D eigenvalue weighted by atomic mass is 16.2. The lowest BCUT2D eigenvalue weighted by atomic mass is 9.83. The SMILES string of the molecule is CC(=O)NCC1CCN(C(=O)C2C3CCC(C3)C2N)CC1. The molecule has 2 amide bonds. The Balaban J connectivity index is 1.50. The Labute approximate surface area is 126 Å². The van der Waals surface area contributed by atoms with Crippen molar-refractivity contribution in [2.75, 3.05) is 19.6 Å². The van der Waals surface area contributed by atoms with Crippen LogP contribution in [0.2, 0.25) is 0 Å². The van der Waals surface area contributed by atoms with Crippen LogP contribution in [0.3, 0.4) is 0 Å². The van der Waals surface area contributed by atoms with Gasteiger partial charge in [0.15, 0.2) is 0 Å². The van der Waals surface area contributed by atoms with Crippen LogP contribution in [0.1, 0.15) is 39.0 Å². The van der Waals surface area contributed by atoms with Crippen LogP contribution in [0.4, 0.5) is 0 Å². The van der Waals surface area contributed by atoms with E-state index in [0.717, 1.165) is 38.9 Å². The summed E-state index contributed by atoms with van der Waals surface area (Å²) in [5.41, 5.74) is 6.29. The van der Waals surface area contributed by atoms with Crippen molar-refractivity contribution >= 4 is 11.8 Å². The first kappa shape index (κ1) is 14.8. The maximum absolute atomic E-state index is 12.7. The molecule has 0 aromatic carbocycles. The number of nitrogens with one attached hydrogen (secondary N) is 1. The van der Waals surface area contributed by atoms with Gasteiger partial charge in [0, 0.05) is 32.6 Å². The van der Waals surface area contributed by atoms with Crippen molar-refractivity contribution in [2.45, 2.75) is 45.1 Å². The van der Waals surface area contributed by atoms with Gasteiger partial charge in [-0.05, 0) is 49.9 Å². The molecule has 2 saturated carbocycles. The van der Waals surface area contributed by atoms with Crippen LogP contribution in [0.25, 0.3) is 0 Å². The number of nitrogens with zero attached hydrogens (tertiary/aromatic N) is 1. The van der Waals surface area contributed by atoms with Gasteiger partial charge in [-0.25, -0.2) is 0 Å². The van der Waals surface area contributed by atoms with E-state index in [-0.39, 0.29) is 17.9 Å². The topological polar surface area (TPSA) is 75.4 Å². The molecule has 3 aliphatic rings. The van der Waals surface area contributed by atoms with Gasteiger partial charge in [-0.3, -0.25) is 9.59 Å². The summed E-state index contributed by atoms with van der Waals surface area (Å²) in [7, 11) is 0. The molecule has 2 aliphatic carbocycles. The first-order chi connectivity index (χ1) is 10.1. The maximum Gasteiger partial charge on any atom is 0.227 e. The molecule has 21 heavy (non-hydrogen) atoms. The van der Waals surface area contributed by atoms with Gasteiger partial charge in [0.25, 0.3) is 0 Å². The third-order valence-electron chi connectivity index (χ3n) is 5.83. The number of carbonyl (C=O) groups excluding carboxylic acids is 2. The van der Waals surface area contributed by atoms with Crippen LogP contribution in [0.15, 0.2) is 0 Å². The van der Waals surface area contributed by atoms with Gasteiger partial charge in [-0.1, -0.05) is 0 Å². The van der Waals surface area contributed by atoms with Crippen molar-refractivity contribution in [1.29, 1.82) is 0 Å². The largest absolute Gasteiger partial charge is 0.356 e. The Morgan fingerprint density at radius 2 is 1.81 bits per heavy atom. The molecule has 4 unspecified atom stereocenters. The smallest absolute Gasteiger partial charge is 0.227 e. The highest BCUT2D eigenvalue weighted by Gasteiger charge is 2.50. The van der Waals surface area contributed by atoms with Crippen molar-refractivity contribution < 1.29 is 9.59 Å². The molecular weight excluding hydrogens is 266 g/mol. The molecule has 5 nitrogen and oxygen atoms in total. The van der Waals surface area contributed by atoms with Crippen LogP contribution in [-0.2, 0) is 9.59 Å². The average Bonchev–Trinajstić information content (AvgIpc) is 3.06. The predicted octanol–water partition coefficient (Wildman–Crippen LogP) is 0.735. The van der Waals surface area contributed by atoms with Crippen molar-refractivity contribution in [3.8, 4) is 0 Å². The lowest BCUT2D eigenvalue weighted by Crippen LogP contribution is -2.49. The fourth-order valence-electron chi connectivity index (χ4n) is 4.56. The number of hydrogen-bond acceptors (Lipinski definition) is 3. The number of hydrogen-bond donors (Lipinski definition) is 2. The van der Waals surface area contributed by atoms with Gasteiger partial charge >= 0.3 is 0 Å². The molecule has 0 aromatic rings. The molecule has 5 heteroatoms. The monoisotopic (exact) mass is 293 g/mol. The van der Waals surface area contributed by atoms with Crippen molar-refractivity contribution in [1.82, 2.24) is 10.2 Å². The second kappa shape index (κ2) is 5.95. The first-order valence-corrected chi connectivity index (χ1v) is 8.35. The minimum atomic E-state index is 0.0291. The minimum absolute atomic E-state index is 0.0291. The maximum atomic E-state index is 12.7. The van der Waals surface area contributed by atoms with Gasteiger partial charge in [-0.2, -0.15) is 0 Å². The standard InChI is InChI=1S/C16H27N3O2/c1-10(20)18-9-11-4-6-19(7-5-11)16(21)14-12-2-3-13(8-12)15(14)17/h11-15H,2-9,17H2,1H3,(H,18,20). The van der Waals surface area contributed by atoms with Gasteiger partial charge in [0.05, 0.1) is 5.92 Å². The van der Waals surface area contributed by atoms with E-state index in [1.807, 2.05) is 4.90 Å². The zero-order valence-corrected chi connectivity index (χ0v) is 12.9. The Hall–Kier alpha value is -1.10. The Bertz CT molecular complexity index is 416. The van der Waals surface area contributed by atoms with E-state index in [1.165, 1.54) is 12.8 Å². The fourth-order valence-corrected chi connectivity index (χ4v) is 4.56. The van der Waals surface area contributed by atoms with E-state index in [9.17, 15) is 9.59 Å². The molecule has 1 heterocycles. The summed E-state index contributed by atoms with van der Waals surface area (Å²) in [6, 6.07) is 0.0911. The molecule has 2 bridgehead atoms. The van der Waals surface area contributed by atoms with Crippen LogP contribution in [-0.4, -0.2) is 42.4 Å². The quantitative estimate of drug-likeness (QED) is 0.805. The van der Waals surface area contributed by atoms with E-state index in [4.69, 9.17) is 5.73 Å². The Kier molecular flexibility index (Phi) is 4.20. The van der Waals surface area contributed by atoms with E-state index in [0.29, 0.717) is 23.7 Å². The Morgan fingerprint density at radius 3 is 2.38 bits per heavy atom. The molecule has 3 N–H and O–H groups in total. The van der Waals surface area contributed by atoms with E-state index in [2.05, 4.69) is 5.32 Å². The van der Waals surface area contributed by atoms with Gasteiger partial charge in [0.2, 0.25) is 11.8 Å². The summed E-state index contributed by atoms with van der Waals surface area (Å²) < 4.78 is 0. The molecular formula is C16H27N3O2. The normalized spacial score (nSPS) is 36.0. The molecule has 3 fully saturated rings. The number of piperidine rings is 1. The minimum Gasteiger partial charge on any atom is -0.356 e. The van der Waals surface area contributed by atoms with Gasteiger partial charge < -0.3 is 16.0 Å². The number of nitrogens with two attached hydrogens (primary N) is 1. The summed E-state index contributed by atoms with van der Waals surface area (Å²) in [4.78, 5) is 25.7. The van der Waals surface area contributed by atoms with E-state index < -0.39 is 0 Å². The van der Waals surface area contributed by atoms with E-state index >= 15 is 0 Å². The molecule has 0 radical (unpaired) electrons. The lowest BCUT2D eigenvalue weighted by Gasteiger charge is -2.37. The third kappa shape index (κ3) is 2.93. The highest BCUT2D eigenvalue weighted by Crippen LogP contribution is 2.48. The van der Waals surface area contributed by atoms with Crippen molar-refractivity contribution in [3.05, 3.63) is 0 Å². The number of carbonyl (C=O) groups is 2. The lowest BCUT2D eigenvalue weighted by molar-refractivity contribution is -0.139. The first-order valence-electron chi connectivity index (χ1n) is 8.35.